The van der Waals surface area contributed by atoms with Crippen LogP contribution in [-0.4, -0.2) is 33.6 Å². The van der Waals surface area contributed by atoms with Gasteiger partial charge in [0, 0.05) is 35.1 Å². The van der Waals surface area contributed by atoms with Gasteiger partial charge in [0.25, 0.3) is 0 Å². The number of anilines is 2. The number of aromatic nitrogens is 2. The fourth-order valence-electron chi connectivity index (χ4n) is 4.31. The van der Waals surface area contributed by atoms with E-state index in [4.69, 9.17) is 25.6 Å². The molecule has 8 nitrogen and oxygen atoms in total. The molecule has 0 fully saturated rings. The number of benzene rings is 3. The van der Waals surface area contributed by atoms with Crippen molar-refractivity contribution in [3.8, 4) is 22.8 Å². The lowest BCUT2D eigenvalue weighted by atomic mass is 10.0. The van der Waals surface area contributed by atoms with Crippen molar-refractivity contribution >= 4 is 17.2 Å². The van der Waals surface area contributed by atoms with E-state index in [0.717, 1.165) is 11.1 Å². The minimum absolute atomic E-state index is 0.0577. The van der Waals surface area contributed by atoms with Gasteiger partial charge in [0.05, 0.1) is 36.7 Å². The van der Waals surface area contributed by atoms with E-state index in [1.54, 1.807) is 54.4 Å². The average Bonchev–Trinajstić information content (AvgIpc) is 3.37. The quantitative estimate of drug-likeness (QED) is 0.138. The molecule has 0 radical (unpaired) electrons. The molecule has 5 N–H and O–H groups in total. The third-order valence-electron chi connectivity index (χ3n) is 6.07. The number of aliphatic hydroxyl groups excluding tert-OH is 1. The summed E-state index contributed by atoms with van der Waals surface area (Å²) < 4.78 is 27.5. The molecular weight excluding hydrogens is 497 g/mol. The second-order valence-corrected chi connectivity index (χ2v) is 9.40. The highest BCUT2D eigenvalue weighted by Gasteiger charge is 2.22. The van der Waals surface area contributed by atoms with Crippen molar-refractivity contribution in [2.45, 2.75) is 46.4 Å². The number of nitrogens with zero attached hydrogens (tertiary/aromatic N) is 2. The smallest absolute Gasteiger partial charge is 0.188 e. The number of nitrogens with one attached hydrogen (secondary N) is 2. The van der Waals surface area contributed by atoms with Crippen molar-refractivity contribution in [1.82, 2.24) is 9.97 Å². The lowest BCUT2D eigenvalue weighted by Gasteiger charge is -2.26. The Morgan fingerprint density at radius 3 is 2.49 bits per heavy atom. The molecule has 3 aromatic carbocycles. The summed E-state index contributed by atoms with van der Waals surface area (Å²) in [7, 11) is 0. The number of rotatable bonds is 11. The summed E-state index contributed by atoms with van der Waals surface area (Å²) in [4.78, 5) is 9.74. The molecule has 1 unspecified atom stereocenters. The van der Waals surface area contributed by atoms with Gasteiger partial charge in [0.15, 0.2) is 11.6 Å². The molecular formula is C30H34FN5O3. The number of amidine groups is 1. The molecule has 9 heteroatoms. The summed E-state index contributed by atoms with van der Waals surface area (Å²) in [5, 5.41) is 18.0. The van der Waals surface area contributed by atoms with Gasteiger partial charge >= 0.3 is 0 Å². The largest absolute Gasteiger partial charge is 0.494 e. The second kappa shape index (κ2) is 12.0. The standard InChI is InChI=1S/C30H34FN5O3/c1-5-38-22-14-26(29(31)27(15-22)39-18(2)3)36(21-12-10-20(11-13-21)30(32)33)17-28-34-16-25(35-28)24-9-7-6-8-23(24)19(4)37/h6-16,18-19,37H,5,17H2,1-4H3,(H3,32,33)(H,34,35). The zero-order valence-electron chi connectivity index (χ0n) is 22.5. The maximum atomic E-state index is 16.0. The Labute approximate surface area is 227 Å². The van der Waals surface area contributed by atoms with Gasteiger partial charge < -0.3 is 30.2 Å². The van der Waals surface area contributed by atoms with Gasteiger partial charge in [-0.1, -0.05) is 24.3 Å². The van der Waals surface area contributed by atoms with Crippen molar-refractivity contribution < 1.29 is 19.0 Å². The monoisotopic (exact) mass is 531 g/mol. The fraction of sp³-hybridized carbons (Fsp3) is 0.267. The number of hydrogen-bond donors (Lipinski definition) is 4. The van der Waals surface area contributed by atoms with E-state index in [-0.39, 0.29) is 29.9 Å². The molecule has 1 atom stereocenters. The number of H-pyrrole nitrogens is 1. The predicted molar refractivity (Wildman–Crippen MR) is 151 cm³/mol. The molecule has 4 aromatic rings. The minimum atomic E-state index is -0.660. The molecule has 1 heterocycles. The minimum Gasteiger partial charge on any atom is -0.494 e. The Balaban J connectivity index is 1.80. The van der Waals surface area contributed by atoms with Crippen LogP contribution in [0.1, 0.15) is 50.8 Å². The maximum absolute atomic E-state index is 16.0. The van der Waals surface area contributed by atoms with Gasteiger partial charge in [-0.25, -0.2) is 9.37 Å². The summed E-state index contributed by atoms with van der Waals surface area (Å²) in [6.45, 7) is 7.83. The Kier molecular flexibility index (Phi) is 8.51. The van der Waals surface area contributed by atoms with Crippen molar-refractivity contribution in [2.75, 3.05) is 11.5 Å². The van der Waals surface area contributed by atoms with E-state index >= 15 is 4.39 Å². The van der Waals surface area contributed by atoms with E-state index in [1.165, 1.54) is 0 Å². The van der Waals surface area contributed by atoms with Crippen LogP contribution in [0, 0.1) is 11.2 Å². The number of nitrogens with two attached hydrogens (primary N) is 1. The van der Waals surface area contributed by atoms with Crippen molar-refractivity contribution in [3.05, 3.63) is 89.6 Å². The van der Waals surface area contributed by atoms with Crippen LogP contribution in [0.2, 0.25) is 0 Å². The molecule has 0 spiro atoms. The summed E-state index contributed by atoms with van der Waals surface area (Å²) >= 11 is 0. The lowest BCUT2D eigenvalue weighted by Crippen LogP contribution is -2.20. The Hall–Kier alpha value is -4.37. The molecule has 0 saturated heterocycles. The summed E-state index contributed by atoms with van der Waals surface area (Å²) in [6, 6.07) is 17.7. The Bertz CT molecular complexity index is 1430. The number of halogens is 1. The Morgan fingerprint density at radius 1 is 1.13 bits per heavy atom. The molecule has 0 aliphatic heterocycles. The second-order valence-electron chi connectivity index (χ2n) is 9.40. The average molecular weight is 532 g/mol. The van der Waals surface area contributed by atoms with E-state index in [1.807, 2.05) is 45.0 Å². The molecule has 204 valence electrons. The van der Waals surface area contributed by atoms with Crippen LogP contribution in [-0.2, 0) is 6.54 Å². The number of imidazole rings is 1. The third kappa shape index (κ3) is 6.38. The van der Waals surface area contributed by atoms with Crippen LogP contribution in [0.15, 0.2) is 66.9 Å². The van der Waals surface area contributed by atoms with E-state index < -0.39 is 11.9 Å². The van der Waals surface area contributed by atoms with Gasteiger partial charge in [-0.05, 0) is 57.5 Å². The van der Waals surface area contributed by atoms with Crippen molar-refractivity contribution in [1.29, 1.82) is 5.41 Å². The molecule has 0 amide bonds. The van der Waals surface area contributed by atoms with Gasteiger partial charge in [0.2, 0.25) is 0 Å². The van der Waals surface area contributed by atoms with Crippen molar-refractivity contribution in [2.24, 2.45) is 5.73 Å². The number of ether oxygens (including phenoxy) is 2. The van der Waals surface area contributed by atoms with E-state index in [2.05, 4.69) is 4.98 Å². The number of hydrogen-bond acceptors (Lipinski definition) is 6. The molecule has 0 aliphatic carbocycles. The summed E-state index contributed by atoms with van der Waals surface area (Å²) in [6.07, 6.45) is 0.870. The van der Waals surface area contributed by atoms with E-state index in [0.29, 0.717) is 35.1 Å². The van der Waals surface area contributed by atoms with Gasteiger partial charge in [-0.15, -0.1) is 0 Å². The number of aliphatic hydroxyl groups is 1. The first-order chi connectivity index (χ1) is 18.7. The topological polar surface area (TPSA) is 120 Å². The summed E-state index contributed by atoms with van der Waals surface area (Å²) in [5.41, 5.74) is 9.35. The SMILES string of the molecule is CCOc1cc(OC(C)C)c(F)c(N(Cc2nc(-c3ccccc3C(C)O)c[nH]2)c2ccc(C(=N)N)cc2)c1. The summed E-state index contributed by atoms with van der Waals surface area (Å²) in [5.74, 6) is 0.545. The number of nitrogen functional groups attached to an aromatic ring is 1. The van der Waals surface area contributed by atoms with Crippen molar-refractivity contribution in [3.63, 3.8) is 0 Å². The Morgan fingerprint density at radius 2 is 1.85 bits per heavy atom. The highest BCUT2D eigenvalue weighted by atomic mass is 19.1. The highest BCUT2D eigenvalue weighted by Crippen LogP contribution is 2.38. The third-order valence-corrected chi connectivity index (χ3v) is 6.07. The lowest BCUT2D eigenvalue weighted by molar-refractivity contribution is 0.200. The first kappa shape index (κ1) is 27.7. The zero-order valence-corrected chi connectivity index (χ0v) is 22.5. The normalized spacial score (nSPS) is 11.9. The first-order valence-electron chi connectivity index (χ1n) is 12.8. The van der Waals surface area contributed by atoms with Crippen LogP contribution in [0.4, 0.5) is 15.8 Å². The highest BCUT2D eigenvalue weighted by molar-refractivity contribution is 5.95. The zero-order chi connectivity index (χ0) is 28.1. The van der Waals surface area contributed by atoms with Crippen LogP contribution in [0.3, 0.4) is 0 Å². The van der Waals surface area contributed by atoms with Gasteiger partial charge in [-0.2, -0.15) is 0 Å². The van der Waals surface area contributed by atoms with Gasteiger partial charge in [0.1, 0.15) is 17.4 Å². The molecule has 39 heavy (non-hydrogen) atoms. The van der Waals surface area contributed by atoms with Crippen LogP contribution >= 0.6 is 0 Å². The van der Waals surface area contributed by atoms with Crippen LogP contribution < -0.4 is 20.1 Å². The van der Waals surface area contributed by atoms with Crippen LogP contribution in [0.25, 0.3) is 11.3 Å². The molecule has 0 aliphatic rings. The predicted octanol–water partition coefficient (Wildman–Crippen LogP) is 6.08. The van der Waals surface area contributed by atoms with E-state index in [9.17, 15) is 5.11 Å². The molecule has 0 bridgehead atoms. The number of aromatic amines is 1. The fourth-order valence-corrected chi connectivity index (χ4v) is 4.31. The van der Waals surface area contributed by atoms with Crippen LogP contribution in [0.5, 0.6) is 11.5 Å². The first-order valence-corrected chi connectivity index (χ1v) is 12.8. The molecule has 0 saturated carbocycles. The molecule has 4 rings (SSSR count). The molecule has 1 aromatic heterocycles. The van der Waals surface area contributed by atoms with Gasteiger partial charge in [-0.3, -0.25) is 5.41 Å². The maximum Gasteiger partial charge on any atom is 0.188 e.